The number of nitrogens with zero attached hydrogens (tertiary/aromatic N) is 2. The summed E-state index contributed by atoms with van der Waals surface area (Å²) in [5.74, 6) is 8.05. The van der Waals surface area contributed by atoms with Gasteiger partial charge in [0.1, 0.15) is 17.3 Å². The smallest absolute Gasteiger partial charge is 0.127 e. The summed E-state index contributed by atoms with van der Waals surface area (Å²) in [4.78, 5) is 4.02. The van der Waals surface area contributed by atoms with Crippen molar-refractivity contribution >= 4 is 11.5 Å². The predicted octanol–water partition coefficient (Wildman–Crippen LogP) is 3.09. The number of ether oxygens (including phenoxy) is 1. The van der Waals surface area contributed by atoms with Gasteiger partial charge in [-0.25, -0.2) is 10.8 Å². The highest BCUT2D eigenvalue weighted by atomic mass is 16.5. The number of hydrogen-bond acceptors (Lipinski definition) is 6. The summed E-state index contributed by atoms with van der Waals surface area (Å²) in [5.41, 5.74) is 13.9. The van der Waals surface area contributed by atoms with Gasteiger partial charge in [0.2, 0.25) is 0 Å². The molecule has 0 atom stereocenters. The standard InChI is InChI=1S/C20H21N5O/c21-19(16-8-11-20(22)24-12-16)14-25(23)13-15-6-9-18(10-7-15)26-17-4-2-1-3-5-17/h1-12,14H,13,21,23H2,(H2,22,24)/b19-14-. The van der Waals surface area contributed by atoms with E-state index in [2.05, 4.69) is 4.98 Å². The van der Waals surface area contributed by atoms with Crippen LogP contribution in [0.3, 0.4) is 0 Å². The zero-order chi connectivity index (χ0) is 18.4. The molecule has 0 saturated carbocycles. The van der Waals surface area contributed by atoms with Gasteiger partial charge in [-0.05, 0) is 42.0 Å². The molecule has 6 nitrogen and oxygen atoms in total. The van der Waals surface area contributed by atoms with Crippen LogP contribution in [0.2, 0.25) is 0 Å². The third-order valence-electron chi connectivity index (χ3n) is 3.69. The number of hydrogen-bond donors (Lipinski definition) is 3. The second kappa shape index (κ2) is 8.04. The molecule has 3 aromatic rings. The van der Waals surface area contributed by atoms with Crippen LogP contribution in [-0.2, 0) is 6.54 Å². The minimum Gasteiger partial charge on any atom is -0.457 e. The molecule has 1 aromatic heterocycles. The van der Waals surface area contributed by atoms with Crippen molar-refractivity contribution in [1.29, 1.82) is 0 Å². The number of pyridine rings is 1. The monoisotopic (exact) mass is 347 g/mol. The molecule has 26 heavy (non-hydrogen) atoms. The first-order valence-corrected chi connectivity index (χ1v) is 8.12. The molecule has 0 aliphatic carbocycles. The zero-order valence-corrected chi connectivity index (χ0v) is 14.2. The maximum absolute atomic E-state index is 6.05. The predicted molar refractivity (Wildman–Crippen MR) is 104 cm³/mol. The first-order chi connectivity index (χ1) is 12.6. The number of aromatic nitrogens is 1. The lowest BCUT2D eigenvalue weighted by molar-refractivity contribution is 0.387. The van der Waals surface area contributed by atoms with E-state index in [1.54, 1.807) is 24.5 Å². The van der Waals surface area contributed by atoms with Crippen molar-refractivity contribution in [1.82, 2.24) is 9.99 Å². The van der Waals surface area contributed by atoms with Crippen LogP contribution in [0, 0.1) is 0 Å². The Morgan fingerprint density at radius 2 is 1.65 bits per heavy atom. The Morgan fingerprint density at radius 1 is 0.962 bits per heavy atom. The first kappa shape index (κ1) is 17.3. The largest absolute Gasteiger partial charge is 0.457 e. The van der Waals surface area contributed by atoms with E-state index >= 15 is 0 Å². The summed E-state index contributed by atoms with van der Waals surface area (Å²) < 4.78 is 5.78. The maximum Gasteiger partial charge on any atom is 0.127 e. The third kappa shape index (κ3) is 4.75. The van der Waals surface area contributed by atoms with Gasteiger partial charge in [0.15, 0.2) is 0 Å². The summed E-state index contributed by atoms with van der Waals surface area (Å²) in [6.07, 6.45) is 3.28. The average Bonchev–Trinajstić information content (AvgIpc) is 2.64. The number of benzene rings is 2. The molecular formula is C20H21N5O. The Bertz CT molecular complexity index is 861. The van der Waals surface area contributed by atoms with Gasteiger partial charge in [0, 0.05) is 18.0 Å². The Morgan fingerprint density at radius 3 is 2.31 bits per heavy atom. The van der Waals surface area contributed by atoms with Crippen molar-refractivity contribution in [3.63, 3.8) is 0 Å². The van der Waals surface area contributed by atoms with Crippen molar-refractivity contribution in [2.45, 2.75) is 6.54 Å². The van der Waals surface area contributed by atoms with Crippen LogP contribution in [0.15, 0.2) is 79.1 Å². The minimum atomic E-state index is 0.448. The molecule has 0 aliphatic rings. The van der Waals surface area contributed by atoms with Gasteiger partial charge in [-0.1, -0.05) is 30.3 Å². The number of anilines is 1. The van der Waals surface area contributed by atoms with Crippen LogP contribution in [0.4, 0.5) is 5.82 Å². The number of hydrazine groups is 1. The van der Waals surface area contributed by atoms with Gasteiger partial charge < -0.3 is 21.2 Å². The van der Waals surface area contributed by atoms with Crippen LogP contribution in [0.5, 0.6) is 11.5 Å². The Kier molecular flexibility index (Phi) is 5.36. The summed E-state index contributed by atoms with van der Waals surface area (Å²) in [6, 6.07) is 20.9. The van der Waals surface area contributed by atoms with Gasteiger partial charge in [0.05, 0.1) is 12.2 Å². The molecule has 0 saturated heterocycles. The molecule has 6 N–H and O–H groups in total. The molecule has 132 valence electrons. The lowest BCUT2D eigenvalue weighted by atomic mass is 10.2. The van der Waals surface area contributed by atoms with Crippen LogP contribution in [0.1, 0.15) is 11.1 Å². The topological polar surface area (TPSA) is 103 Å². The van der Waals surface area contributed by atoms with Crippen LogP contribution < -0.4 is 22.0 Å². The van der Waals surface area contributed by atoms with E-state index in [1.165, 1.54) is 5.01 Å². The van der Waals surface area contributed by atoms with Crippen molar-refractivity contribution in [3.8, 4) is 11.5 Å². The quantitative estimate of drug-likeness (QED) is 0.468. The summed E-state index contributed by atoms with van der Waals surface area (Å²) in [6.45, 7) is 0.509. The van der Waals surface area contributed by atoms with Crippen LogP contribution in [-0.4, -0.2) is 9.99 Å². The summed E-state index contributed by atoms with van der Waals surface area (Å²) in [5, 5.41) is 1.53. The summed E-state index contributed by atoms with van der Waals surface area (Å²) in [7, 11) is 0. The van der Waals surface area contributed by atoms with Gasteiger partial charge in [-0.3, -0.25) is 0 Å². The van der Waals surface area contributed by atoms with Gasteiger partial charge in [-0.2, -0.15) is 0 Å². The fourth-order valence-corrected chi connectivity index (χ4v) is 2.37. The molecule has 3 rings (SSSR count). The molecular weight excluding hydrogens is 326 g/mol. The molecule has 0 spiro atoms. The Hall–Kier alpha value is -3.51. The summed E-state index contributed by atoms with van der Waals surface area (Å²) >= 11 is 0. The second-order valence-corrected chi connectivity index (χ2v) is 5.79. The fourth-order valence-electron chi connectivity index (χ4n) is 2.37. The van der Waals surface area contributed by atoms with Gasteiger partial charge in [0.25, 0.3) is 0 Å². The maximum atomic E-state index is 6.05. The highest BCUT2D eigenvalue weighted by Gasteiger charge is 2.03. The molecule has 6 heteroatoms. The van der Waals surface area contributed by atoms with Crippen molar-refractivity contribution < 1.29 is 4.74 Å². The Balaban J connectivity index is 1.61. The highest BCUT2D eigenvalue weighted by molar-refractivity contribution is 5.62. The number of nitrogens with two attached hydrogens (primary N) is 3. The molecule has 0 aliphatic heterocycles. The van der Waals surface area contributed by atoms with Crippen LogP contribution >= 0.6 is 0 Å². The lowest BCUT2D eigenvalue weighted by Gasteiger charge is -2.15. The van der Waals surface area contributed by atoms with E-state index in [9.17, 15) is 0 Å². The zero-order valence-electron chi connectivity index (χ0n) is 14.2. The van der Waals surface area contributed by atoms with Crippen molar-refractivity contribution in [2.24, 2.45) is 11.6 Å². The third-order valence-corrected chi connectivity index (χ3v) is 3.69. The van der Waals surface area contributed by atoms with E-state index in [0.717, 1.165) is 22.6 Å². The number of nitrogen functional groups attached to an aromatic ring is 1. The molecule has 2 aromatic carbocycles. The van der Waals surface area contributed by atoms with E-state index in [1.807, 2.05) is 54.6 Å². The van der Waals surface area contributed by atoms with E-state index < -0.39 is 0 Å². The second-order valence-electron chi connectivity index (χ2n) is 5.79. The molecule has 0 radical (unpaired) electrons. The first-order valence-electron chi connectivity index (χ1n) is 8.12. The van der Waals surface area contributed by atoms with Gasteiger partial charge >= 0.3 is 0 Å². The van der Waals surface area contributed by atoms with Crippen LogP contribution in [0.25, 0.3) is 5.70 Å². The highest BCUT2D eigenvalue weighted by Crippen LogP contribution is 2.21. The molecule has 1 heterocycles. The van der Waals surface area contributed by atoms with Crippen molar-refractivity contribution in [3.05, 3.63) is 90.3 Å². The molecule has 0 amide bonds. The molecule has 0 unspecified atom stereocenters. The van der Waals surface area contributed by atoms with E-state index in [-0.39, 0.29) is 0 Å². The van der Waals surface area contributed by atoms with Crippen molar-refractivity contribution in [2.75, 3.05) is 5.73 Å². The fraction of sp³-hybridized carbons (Fsp3) is 0.0500. The molecule has 0 bridgehead atoms. The normalized spacial score (nSPS) is 11.2. The molecule has 0 fully saturated rings. The average molecular weight is 347 g/mol. The minimum absolute atomic E-state index is 0.448. The SMILES string of the molecule is N/C(=C\N(N)Cc1ccc(Oc2ccccc2)cc1)c1ccc(N)nc1. The number of para-hydroxylation sites is 1. The Labute approximate surface area is 152 Å². The van der Waals surface area contributed by atoms with E-state index in [0.29, 0.717) is 18.1 Å². The lowest BCUT2D eigenvalue weighted by Crippen LogP contribution is -2.25. The number of rotatable bonds is 6. The van der Waals surface area contributed by atoms with E-state index in [4.69, 9.17) is 22.0 Å². The van der Waals surface area contributed by atoms with Gasteiger partial charge in [-0.15, -0.1) is 0 Å².